The Hall–Kier alpha value is -1.72. The molecule has 0 spiro atoms. The molecule has 1 atom stereocenters. The highest BCUT2D eigenvalue weighted by Crippen LogP contribution is 2.14. The van der Waals surface area contributed by atoms with E-state index >= 15 is 0 Å². The summed E-state index contributed by atoms with van der Waals surface area (Å²) in [5.41, 5.74) is 0. The number of para-hydroxylation sites is 1. The summed E-state index contributed by atoms with van der Waals surface area (Å²) in [6.07, 6.45) is -4.59. The number of nitrogens with zero attached hydrogens (tertiary/aromatic N) is 1. The molecule has 4 nitrogen and oxygen atoms in total. The number of alkyl halides is 2. The van der Waals surface area contributed by atoms with Gasteiger partial charge in [0.2, 0.25) is 12.6 Å². The first kappa shape index (κ1) is 11.4. The summed E-state index contributed by atoms with van der Waals surface area (Å²) in [4.78, 5) is 9.28. The molecule has 6 heteroatoms. The second kappa shape index (κ2) is 5.23. The minimum atomic E-state index is -2.88. The molecule has 1 rings (SSSR count). The predicted octanol–water partition coefficient (Wildman–Crippen LogP) is 1.98. The van der Waals surface area contributed by atoms with E-state index in [9.17, 15) is 18.9 Å². The molecule has 0 heterocycles. The van der Waals surface area contributed by atoms with Crippen LogP contribution in [0.4, 0.5) is 8.78 Å². The lowest BCUT2D eigenvalue weighted by molar-refractivity contribution is -0.492. The van der Waals surface area contributed by atoms with Gasteiger partial charge in [-0.1, -0.05) is 18.2 Å². The molecule has 0 aliphatic heterocycles. The van der Waals surface area contributed by atoms with E-state index in [0.29, 0.717) is 0 Å². The van der Waals surface area contributed by atoms with E-state index in [0.717, 1.165) is 0 Å². The van der Waals surface area contributed by atoms with E-state index in [2.05, 4.69) is 0 Å². The van der Waals surface area contributed by atoms with Gasteiger partial charge >= 0.3 is 0 Å². The third-order valence-electron chi connectivity index (χ3n) is 1.64. The minimum Gasteiger partial charge on any atom is -0.477 e. The van der Waals surface area contributed by atoms with Gasteiger partial charge in [-0.15, -0.1) is 0 Å². The van der Waals surface area contributed by atoms with Crippen LogP contribution in [-0.4, -0.2) is 24.0 Å². The van der Waals surface area contributed by atoms with Crippen LogP contribution in [0.3, 0.4) is 0 Å². The highest BCUT2D eigenvalue weighted by molar-refractivity contribution is 5.21. The molecule has 1 aromatic rings. The third-order valence-corrected chi connectivity index (χ3v) is 1.64. The van der Waals surface area contributed by atoms with Gasteiger partial charge in [-0.2, -0.15) is 0 Å². The third kappa shape index (κ3) is 3.88. The van der Waals surface area contributed by atoms with Crippen LogP contribution in [0.15, 0.2) is 30.3 Å². The minimum absolute atomic E-state index is 0.199. The Morgan fingerprint density at radius 3 is 2.40 bits per heavy atom. The number of halogens is 2. The number of nitro groups is 1. The number of rotatable bonds is 5. The molecular formula is C9H9F2NO3. The van der Waals surface area contributed by atoms with Crippen LogP contribution in [-0.2, 0) is 0 Å². The number of hydrogen-bond donors (Lipinski definition) is 0. The zero-order valence-corrected chi connectivity index (χ0v) is 7.68. The highest BCUT2D eigenvalue weighted by atomic mass is 19.3. The first-order valence-corrected chi connectivity index (χ1v) is 4.21. The Morgan fingerprint density at radius 1 is 1.33 bits per heavy atom. The van der Waals surface area contributed by atoms with E-state index in [1.54, 1.807) is 18.2 Å². The van der Waals surface area contributed by atoms with Crippen LogP contribution < -0.4 is 4.74 Å². The maximum atomic E-state index is 12.3. The van der Waals surface area contributed by atoms with Crippen molar-refractivity contribution < 1.29 is 18.4 Å². The zero-order chi connectivity index (χ0) is 11.3. The molecule has 0 aliphatic rings. The molecule has 0 fully saturated rings. The van der Waals surface area contributed by atoms with Crippen molar-refractivity contribution in [3.05, 3.63) is 40.4 Å². The van der Waals surface area contributed by atoms with Crippen molar-refractivity contribution >= 4 is 0 Å². The Labute approximate surface area is 84.6 Å². The van der Waals surface area contributed by atoms with Crippen molar-refractivity contribution in [2.45, 2.75) is 12.5 Å². The van der Waals surface area contributed by atoms with E-state index < -0.39 is 24.0 Å². The second-order valence-corrected chi connectivity index (χ2v) is 2.82. The molecule has 1 unspecified atom stereocenters. The molecule has 0 N–H and O–H groups in total. The normalized spacial score (nSPS) is 12.5. The monoisotopic (exact) mass is 217 g/mol. The van der Waals surface area contributed by atoms with Gasteiger partial charge in [0.25, 0.3) is 6.43 Å². The predicted molar refractivity (Wildman–Crippen MR) is 48.7 cm³/mol. The maximum absolute atomic E-state index is 12.3. The molecule has 0 radical (unpaired) electrons. The Morgan fingerprint density at radius 2 is 1.93 bits per heavy atom. The van der Waals surface area contributed by atoms with Crippen LogP contribution in [0, 0.1) is 10.1 Å². The molecule has 82 valence electrons. The van der Waals surface area contributed by atoms with Crippen LogP contribution in [0.1, 0.15) is 0 Å². The SMILES string of the molecule is O=[N+]([O-])CC(Oc1ccccc1)C(F)F. The fourth-order valence-electron chi connectivity index (χ4n) is 0.989. The summed E-state index contributed by atoms with van der Waals surface area (Å²) in [6.45, 7) is -0.910. The smallest absolute Gasteiger partial charge is 0.281 e. The Bertz CT molecular complexity index is 318. The summed E-state index contributed by atoms with van der Waals surface area (Å²) < 4.78 is 29.4. The maximum Gasteiger partial charge on any atom is 0.281 e. The van der Waals surface area contributed by atoms with E-state index in [4.69, 9.17) is 4.74 Å². The van der Waals surface area contributed by atoms with Crippen molar-refractivity contribution in [3.8, 4) is 5.75 Å². The van der Waals surface area contributed by atoms with Crippen LogP contribution in [0.2, 0.25) is 0 Å². The van der Waals surface area contributed by atoms with Gasteiger partial charge in [0.05, 0.1) is 0 Å². The van der Waals surface area contributed by atoms with Crippen LogP contribution in [0.25, 0.3) is 0 Å². The van der Waals surface area contributed by atoms with E-state index in [1.807, 2.05) is 0 Å². The van der Waals surface area contributed by atoms with Crippen LogP contribution >= 0.6 is 0 Å². The van der Waals surface area contributed by atoms with Gasteiger partial charge in [-0.25, -0.2) is 8.78 Å². The lowest BCUT2D eigenvalue weighted by Crippen LogP contribution is -2.33. The zero-order valence-electron chi connectivity index (χ0n) is 7.68. The quantitative estimate of drug-likeness (QED) is 0.559. The lowest BCUT2D eigenvalue weighted by atomic mass is 10.3. The Kier molecular flexibility index (Phi) is 3.96. The molecule has 1 aromatic carbocycles. The molecule has 0 bridgehead atoms. The number of ether oxygens (including phenoxy) is 1. The van der Waals surface area contributed by atoms with Gasteiger partial charge in [0.1, 0.15) is 5.75 Å². The second-order valence-electron chi connectivity index (χ2n) is 2.82. The standard InChI is InChI=1S/C9H9F2NO3/c10-9(11)8(6-12(13)14)15-7-4-2-1-3-5-7/h1-5,8-9H,6H2. The number of benzene rings is 1. The van der Waals surface area contributed by atoms with Crippen molar-refractivity contribution in [1.82, 2.24) is 0 Å². The largest absolute Gasteiger partial charge is 0.477 e. The van der Waals surface area contributed by atoms with Crippen molar-refractivity contribution in [3.63, 3.8) is 0 Å². The van der Waals surface area contributed by atoms with Crippen molar-refractivity contribution in [2.24, 2.45) is 0 Å². The molecular weight excluding hydrogens is 208 g/mol. The van der Waals surface area contributed by atoms with Gasteiger partial charge in [0.15, 0.2) is 0 Å². The van der Waals surface area contributed by atoms with Crippen molar-refractivity contribution in [2.75, 3.05) is 6.54 Å². The highest BCUT2D eigenvalue weighted by Gasteiger charge is 2.27. The first-order valence-electron chi connectivity index (χ1n) is 4.21. The fourth-order valence-corrected chi connectivity index (χ4v) is 0.989. The molecule has 0 aliphatic carbocycles. The number of hydrogen-bond acceptors (Lipinski definition) is 3. The van der Waals surface area contributed by atoms with Gasteiger partial charge in [0, 0.05) is 4.92 Å². The molecule has 0 aromatic heterocycles. The van der Waals surface area contributed by atoms with Crippen molar-refractivity contribution in [1.29, 1.82) is 0 Å². The van der Waals surface area contributed by atoms with Gasteiger partial charge in [-0.3, -0.25) is 10.1 Å². The summed E-state index contributed by atoms with van der Waals surface area (Å²) in [5.74, 6) is 0.199. The van der Waals surface area contributed by atoms with Crippen LogP contribution in [0.5, 0.6) is 5.75 Å². The average Bonchev–Trinajstić information content (AvgIpc) is 2.17. The summed E-state index contributed by atoms with van der Waals surface area (Å²) in [6, 6.07) is 7.83. The van der Waals surface area contributed by atoms with Gasteiger partial charge in [-0.05, 0) is 12.1 Å². The fraction of sp³-hybridized carbons (Fsp3) is 0.333. The van der Waals surface area contributed by atoms with E-state index in [1.165, 1.54) is 12.1 Å². The summed E-state index contributed by atoms with van der Waals surface area (Å²) in [7, 11) is 0. The first-order chi connectivity index (χ1) is 7.09. The molecule has 15 heavy (non-hydrogen) atoms. The average molecular weight is 217 g/mol. The summed E-state index contributed by atoms with van der Waals surface area (Å²) in [5, 5.41) is 10.1. The van der Waals surface area contributed by atoms with Gasteiger partial charge < -0.3 is 4.74 Å². The molecule has 0 saturated carbocycles. The topological polar surface area (TPSA) is 52.4 Å². The molecule has 0 saturated heterocycles. The summed E-state index contributed by atoms with van der Waals surface area (Å²) >= 11 is 0. The molecule has 0 amide bonds. The Balaban J connectivity index is 2.63. The van der Waals surface area contributed by atoms with E-state index in [-0.39, 0.29) is 5.75 Å². The lowest BCUT2D eigenvalue weighted by Gasteiger charge is -2.14.